The Labute approximate surface area is 133 Å². The van der Waals surface area contributed by atoms with Crippen LogP contribution in [-0.4, -0.2) is 22.4 Å². The molecule has 118 valence electrons. The Bertz CT molecular complexity index is 786. The number of para-hydroxylation sites is 1. The summed E-state index contributed by atoms with van der Waals surface area (Å²) in [6.07, 6.45) is 0. The summed E-state index contributed by atoms with van der Waals surface area (Å²) in [7, 11) is 1.60. The lowest BCUT2D eigenvalue weighted by Crippen LogP contribution is -1.99. The molecule has 1 heterocycles. The first-order valence-electron chi connectivity index (χ1n) is 7.08. The molecule has 0 atom stereocenters. The molecule has 0 spiro atoms. The summed E-state index contributed by atoms with van der Waals surface area (Å²) in [5.41, 5.74) is 1.51. The zero-order valence-electron chi connectivity index (χ0n) is 12.6. The fourth-order valence-electron chi connectivity index (χ4n) is 2.11. The lowest BCUT2D eigenvalue weighted by atomic mass is 10.2. The maximum Gasteiger partial charge on any atom is 0.264 e. The first-order chi connectivity index (χ1) is 11.3. The van der Waals surface area contributed by atoms with Gasteiger partial charge in [-0.15, -0.1) is 0 Å². The van der Waals surface area contributed by atoms with E-state index in [1.54, 1.807) is 19.2 Å². The van der Waals surface area contributed by atoms with Crippen LogP contribution in [0.5, 0.6) is 11.5 Å². The minimum absolute atomic E-state index is 0.0882. The topological polar surface area (TPSA) is 77.6 Å². The Morgan fingerprint density at radius 3 is 2.83 bits per heavy atom. The molecule has 2 aromatic carbocycles. The zero-order chi connectivity index (χ0) is 16.1. The summed E-state index contributed by atoms with van der Waals surface area (Å²) in [5, 5.41) is 13.2. The van der Waals surface area contributed by atoms with Crippen LogP contribution in [0.3, 0.4) is 0 Å². The number of aromatic nitrogens is 2. The van der Waals surface area contributed by atoms with E-state index in [0.29, 0.717) is 23.0 Å². The van der Waals surface area contributed by atoms with Crippen molar-refractivity contribution < 1.29 is 19.1 Å². The molecule has 1 N–H and O–H groups in total. The minimum atomic E-state index is -0.0882. The molecular formula is C17H16N2O4. The summed E-state index contributed by atoms with van der Waals surface area (Å²) in [6, 6.07) is 14.7. The van der Waals surface area contributed by atoms with Crippen molar-refractivity contribution in [1.29, 1.82) is 0 Å². The maximum atomic E-state index is 9.27. The highest BCUT2D eigenvalue weighted by Crippen LogP contribution is 2.22. The number of methoxy groups -OCH3 is 1. The molecule has 0 amide bonds. The molecule has 6 heteroatoms. The highest BCUT2D eigenvalue weighted by Gasteiger charge is 2.11. The van der Waals surface area contributed by atoms with Gasteiger partial charge in [0.2, 0.25) is 5.82 Å². The number of aliphatic hydroxyl groups excluding tert-OH is 1. The van der Waals surface area contributed by atoms with Crippen LogP contribution >= 0.6 is 0 Å². The van der Waals surface area contributed by atoms with Gasteiger partial charge in [0.15, 0.2) is 6.61 Å². The van der Waals surface area contributed by atoms with Gasteiger partial charge in [0.1, 0.15) is 11.5 Å². The van der Waals surface area contributed by atoms with Crippen molar-refractivity contribution in [3.63, 3.8) is 0 Å². The summed E-state index contributed by atoms with van der Waals surface area (Å²) < 4.78 is 16.0. The van der Waals surface area contributed by atoms with E-state index in [0.717, 1.165) is 11.3 Å². The Morgan fingerprint density at radius 1 is 1.13 bits per heavy atom. The molecule has 0 saturated heterocycles. The van der Waals surface area contributed by atoms with Gasteiger partial charge >= 0.3 is 0 Å². The van der Waals surface area contributed by atoms with E-state index in [1.807, 2.05) is 36.4 Å². The average Bonchev–Trinajstić information content (AvgIpc) is 3.09. The molecule has 23 heavy (non-hydrogen) atoms. The van der Waals surface area contributed by atoms with Gasteiger partial charge in [0, 0.05) is 11.1 Å². The number of rotatable bonds is 6. The van der Waals surface area contributed by atoms with Gasteiger partial charge in [-0.2, -0.15) is 4.98 Å². The molecule has 0 unspecified atom stereocenters. The molecule has 0 aliphatic carbocycles. The lowest BCUT2D eigenvalue weighted by molar-refractivity contribution is 0.229. The first kappa shape index (κ1) is 15.1. The quantitative estimate of drug-likeness (QED) is 0.754. The van der Waals surface area contributed by atoms with Crippen LogP contribution < -0.4 is 9.47 Å². The maximum absolute atomic E-state index is 9.27. The largest absolute Gasteiger partial charge is 0.497 e. The summed E-state index contributed by atoms with van der Waals surface area (Å²) in [4.78, 5) is 4.31. The average molecular weight is 312 g/mol. The minimum Gasteiger partial charge on any atom is -0.497 e. The van der Waals surface area contributed by atoms with Gasteiger partial charge in [-0.1, -0.05) is 35.5 Å². The smallest absolute Gasteiger partial charge is 0.264 e. The Balaban J connectivity index is 1.72. The zero-order valence-corrected chi connectivity index (χ0v) is 12.6. The van der Waals surface area contributed by atoms with Crippen LogP contribution in [-0.2, 0) is 13.2 Å². The number of hydrogen-bond donors (Lipinski definition) is 1. The van der Waals surface area contributed by atoms with Crippen LogP contribution in [0.2, 0.25) is 0 Å². The lowest BCUT2D eigenvalue weighted by Gasteiger charge is -2.07. The molecule has 0 fully saturated rings. The van der Waals surface area contributed by atoms with E-state index in [1.165, 1.54) is 0 Å². The van der Waals surface area contributed by atoms with Crippen molar-refractivity contribution in [1.82, 2.24) is 10.1 Å². The second-order valence-corrected chi connectivity index (χ2v) is 4.80. The van der Waals surface area contributed by atoms with E-state index in [-0.39, 0.29) is 13.2 Å². The second kappa shape index (κ2) is 6.93. The predicted molar refractivity (Wildman–Crippen MR) is 83.0 cm³/mol. The third-order valence-electron chi connectivity index (χ3n) is 3.29. The summed E-state index contributed by atoms with van der Waals surface area (Å²) in [6.45, 7) is 0.0447. The van der Waals surface area contributed by atoms with Gasteiger partial charge < -0.3 is 19.1 Å². The third-order valence-corrected chi connectivity index (χ3v) is 3.29. The molecule has 0 aliphatic heterocycles. The number of benzene rings is 2. The second-order valence-electron chi connectivity index (χ2n) is 4.80. The van der Waals surface area contributed by atoms with Crippen LogP contribution in [0.4, 0.5) is 0 Å². The number of aliphatic hydroxyl groups is 1. The van der Waals surface area contributed by atoms with Crippen molar-refractivity contribution in [3.05, 3.63) is 60.0 Å². The van der Waals surface area contributed by atoms with Crippen molar-refractivity contribution in [2.75, 3.05) is 7.11 Å². The van der Waals surface area contributed by atoms with Gasteiger partial charge in [-0.3, -0.25) is 0 Å². The fourth-order valence-corrected chi connectivity index (χ4v) is 2.11. The third kappa shape index (κ3) is 3.49. The SMILES string of the molecule is COc1cccc(-c2noc(COc3ccccc3CO)n2)c1. The van der Waals surface area contributed by atoms with Crippen LogP contribution in [0, 0.1) is 0 Å². The van der Waals surface area contributed by atoms with Crippen molar-refractivity contribution in [2.24, 2.45) is 0 Å². The summed E-state index contributed by atoms with van der Waals surface area (Å²) in [5.74, 6) is 2.15. The molecule has 3 aromatic rings. The Morgan fingerprint density at radius 2 is 2.00 bits per heavy atom. The number of ether oxygens (including phenoxy) is 2. The first-order valence-corrected chi connectivity index (χ1v) is 7.08. The van der Waals surface area contributed by atoms with Gasteiger partial charge in [-0.05, 0) is 18.2 Å². The van der Waals surface area contributed by atoms with E-state index in [9.17, 15) is 5.11 Å². The predicted octanol–water partition coefficient (Wildman–Crippen LogP) is 2.82. The van der Waals surface area contributed by atoms with Gasteiger partial charge in [0.05, 0.1) is 13.7 Å². The van der Waals surface area contributed by atoms with Gasteiger partial charge in [-0.25, -0.2) is 0 Å². The highest BCUT2D eigenvalue weighted by atomic mass is 16.5. The van der Waals surface area contributed by atoms with Crippen molar-refractivity contribution in [3.8, 4) is 22.9 Å². The number of hydrogen-bond acceptors (Lipinski definition) is 6. The monoisotopic (exact) mass is 312 g/mol. The van der Waals surface area contributed by atoms with Crippen molar-refractivity contribution in [2.45, 2.75) is 13.2 Å². The highest BCUT2D eigenvalue weighted by molar-refractivity contribution is 5.56. The normalized spacial score (nSPS) is 10.5. The van der Waals surface area contributed by atoms with E-state index in [4.69, 9.17) is 14.0 Å². The molecule has 6 nitrogen and oxygen atoms in total. The van der Waals surface area contributed by atoms with E-state index in [2.05, 4.69) is 10.1 Å². The van der Waals surface area contributed by atoms with Crippen LogP contribution in [0.1, 0.15) is 11.5 Å². The van der Waals surface area contributed by atoms with Crippen molar-refractivity contribution >= 4 is 0 Å². The van der Waals surface area contributed by atoms with Crippen LogP contribution in [0.25, 0.3) is 11.4 Å². The molecule has 1 aromatic heterocycles. The molecule has 0 aliphatic rings. The summed E-state index contributed by atoms with van der Waals surface area (Å²) >= 11 is 0. The molecule has 3 rings (SSSR count). The molecule has 0 radical (unpaired) electrons. The molecule has 0 bridgehead atoms. The Kier molecular flexibility index (Phi) is 4.54. The Hall–Kier alpha value is -2.86. The van der Waals surface area contributed by atoms with E-state index < -0.39 is 0 Å². The fraction of sp³-hybridized carbons (Fsp3) is 0.176. The van der Waals surface area contributed by atoms with Gasteiger partial charge in [0.25, 0.3) is 5.89 Å². The number of nitrogens with zero attached hydrogens (tertiary/aromatic N) is 2. The van der Waals surface area contributed by atoms with E-state index >= 15 is 0 Å². The standard InChI is InChI=1S/C17H16N2O4/c1-21-14-7-4-6-12(9-14)17-18-16(23-19-17)11-22-15-8-3-2-5-13(15)10-20/h2-9,20H,10-11H2,1H3. The molecular weight excluding hydrogens is 296 g/mol. The molecule has 0 saturated carbocycles. The van der Waals surface area contributed by atoms with Crippen LogP contribution in [0.15, 0.2) is 53.1 Å².